The first-order chi connectivity index (χ1) is 16.8. The summed E-state index contributed by atoms with van der Waals surface area (Å²) in [5.41, 5.74) is 8.03. The van der Waals surface area contributed by atoms with E-state index in [0.29, 0.717) is 29.4 Å². The topological polar surface area (TPSA) is 157 Å². The number of nitrogens with zero attached hydrogens (tertiary/aromatic N) is 1. The zero-order valence-corrected chi connectivity index (χ0v) is 19.9. The van der Waals surface area contributed by atoms with E-state index in [1.54, 1.807) is 32.2 Å². The van der Waals surface area contributed by atoms with E-state index in [1.807, 2.05) is 12.1 Å². The van der Waals surface area contributed by atoms with Crippen LogP contribution in [0.15, 0.2) is 35.3 Å². The lowest BCUT2D eigenvalue weighted by Crippen LogP contribution is -2.22. The van der Waals surface area contributed by atoms with Crippen LogP contribution in [0.5, 0.6) is 0 Å². The second kappa shape index (κ2) is 12.0. The number of hydrogen-bond acceptors (Lipinski definition) is 8. The van der Waals surface area contributed by atoms with E-state index in [-0.39, 0.29) is 49.8 Å². The predicted octanol–water partition coefficient (Wildman–Crippen LogP) is 2.71. The number of aromatic amines is 2. The molecule has 35 heavy (non-hydrogen) atoms. The Balaban J connectivity index is 1.62. The van der Waals surface area contributed by atoms with Gasteiger partial charge in [0, 0.05) is 24.6 Å². The Bertz CT molecular complexity index is 1250. The third-order valence-electron chi connectivity index (χ3n) is 5.65. The lowest BCUT2D eigenvalue weighted by Gasteiger charge is -2.14. The highest BCUT2D eigenvalue weighted by atomic mass is 16.5. The van der Waals surface area contributed by atoms with Gasteiger partial charge < -0.3 is 20.2 Å². The molecule has 0 saturated carbocycles. The smallest absolute Gasteiger partial charge is 0.309 e. The molecule has 0 radical (unpaired) electrons. The van der Waals surface area contributed by atoms with Crippen LogP contribution < -0.4 is 11.3 Å². The third-order valence-corrected chi connectivity index (χ3v) is 5.65. The summed E-state index contributed by atoms with van der Waals surface area (Å²) in [5.74, 6) is -1.76. The summed E-state index contributed by atoms with van der Waals surface area (Å²) in [6.07, 6.45) is 3.17. The highest BCUT2D eigenvalue weighted by Gasteiger charge is 2.25. The quantitative estimate of drug-likeness (QED) is 0.263. The number of esters is 2. The first-order valence-corrected chi connectivity index (χ1v) is 11.6. The largest absolute Gasteiger partial charge is 0.466 e. The van der Waals surface area contributed by atoms with Gasteiger partial charge in [-0.2, -0.15) is 4.98 Å². The SMILES string of the molecule is CCOC(=O)CC[C@H](CC(=O)c1ccc(CCc2c[nH]c3nc(N)[nH]c(=O)c23)cc1)C(=O)OCC. The van der Waals surface area contributed by atoms with Gasteiger partial charge in [0.15, 0.2) is 5.78 Å². The number of hydrogen-bond donors (Lipinski definition) is 3. The first-order valence-electron chi connectivity index (χ1n) is 11.6. The number of nitrogen functional groups attached to an aromatic ring is 1. The van der Waals surface area contributed by atoms with Crippen molar-refractivity contribution in [3.05, 3.63) is 57.5 Å². The maximum absolute atomic E-state index is 12.8. The van der Waals surface area contributed by atoms with Crippen LogP contribution in [-0.4, -0.2) is 45.9 Å². The van der Waals surface area contributed by atoms with Gasteiger partial charge >= 0.3 is 11.9 Å². The van der Waals surface area contributed by atoms with Gasteiger partial charge in [-0.1, -0.05) is 24.3 Å². The number of nitrogens with one attached hydrogen (secondary N) is 2. The number of ether oxygens (including phenoxy) is 2. The number of ketones is 1. The molecular weight excluding hydrogens is 452 g/mol. The lowest BCUT2D eigenvalue weighted by molar-refractivity contribution is -0.149. The molecule has 0 amide bonds. The molecule has 0 spiro atoms. The van der Waals surface area contributed by atoms with Crippen molar-refractivity contribution >= 4 is 34.7 Å². The van der Waals surface area contributed by atoms with Crippen molar-refractivity contribution in [1.82, 2.24) is 15.0 Å². The Morgan fingerprint density at radius 1 is 1.06 bits per heavy atom. The Labute approximate surface area is 202 Å². The summed E-state index contributed by atoms with van der Waals surface area (Å²) in [6.45, 7) is 3.86. The number of aryl methyl sites for hydroxylation is 2. The van der Waals surface area contributed by atoms with Crippen molar-refractivity contribution in [2.45, 2.75) is 46.0 Å². The maximum Gasteiger partial charge on any atom is 0.309 e. The average Bonchev–Trinajstić information content (AvgIpc) is 3.24. The van der Waals surface area contributed by atoms with Crippen molar-refractivity contribution in [2.24, 2.45) is 5.92 Å². The zero-order chi connectivity index (χ0) is 25.4. The van der Waals surface area contributed by atoms with Crippen molar-refractivity contribution in [1.29, 1.82) is 0 Å². The Hall–Kier alpha value is -3.95. The molecule has 0 saturated heterocycles. The van der Waals surface area contributed by atoms with Crippen molar-refractivity contribution < 1.29 is 23.9 Å². The molecule has 1 atom stereocenters. The Morgan fingerprint density at radius 3 is 2.46 bits per heavy atom. The number of benzene rings is 1. The molecule has 0 unspecified atom stereocenters. The van der Waals surface area contributed by atoms with Gasteiger partial charge in [-0.25, -0.2) is 0 Å². The van der Waals surface area contributed by atoms with Crippen molar-refractivity contribution in [2.75, 3.05) is 18.9 Å². The van der Waals surface area contributed by atoms with Crippen LogP contribution in [0.1, 0.15) is 54.6 Å². The van der Waals surface area contributed by atoms with E-state index in [1.165, 1.54) is 0 Å². The molecule has 2 aromatic heterocycles. The van der Waals surface area contributed by atoms with Gasteiger partial charge in [0.25, 0.3) is 5.56 Å². The summed E-state index contributed by atoms with van der Waals surface area (Å²) in [6, 6.07) is 7.13. The molecule has 0 bridgehead atoms. The van der Waals surface area contributed by atoms with Crippen molar-refractivity contribution in [3.8, 4) is 0 Å². The number of Topliss-reactive ketones (excluding diaryl/α,β-unsaturated/α-hetero) is 1. The number of H-pyrrole nitrogens is 2. The van der Waals surface area contributed by atoms with E-state index in [9.17, 15) is 19.2 Å². The molecule has 10 nitrogen and oxygen atoms in total. The number of anilines is 1. The molecule has 3 rings (SSSR count). The Morgan fingerprint density at radius 2 is 1.77 bits per heavy atom. The Kier molecular flexibility index (Phi) is 8.77. The number of rotatable bonds is 12. The van der Waals surface area contributed by atoms with Crippen LogP contribution in [0.2, 0.25) is 0 Å². The normalized spacial score (nSPS) is 11.8. The van der Waals surface area contributed by atoms with Gasteiger partial charge in [0.05, 0.1) is 24.5 Å². The zero-order valence-electron chi connectivity index (χ0n) is 19.9. The van der Waals surface area contributed by atoms with Crippen LogP contribution in [0.3, 0.4) is 0 Å². The fraction of sp³-hybridized carbons (Fsp3) is 0.400. The fourth-order valence-corrected chi connectivity index (χ4v) is 3.88. The highest BCUT2D eigenvalue weighted by molar-refractivity contribution is 5.98. The molecule has 10 heteroatoms. The van der Waals surface area contributed by atoms with Crippen LogP contribution >= 0.6 is 0 Å². The standard InChI is InChI=1S/C25H30N4O6/c1-3-34-20(31)12-11-17(24(33)35-4-2)13-19(30)16-8-5-15(6-9-16)7-10-18-14-27-22-21(18)23(32)29-25(26)28-22/h5-6,8-9,14,17H,3-4,7,10-13H2,1-2H3,(H4,26,27,28,29,32)/t17-/m1/s1. The monoisotopic (exact) mass is 482 g/mol. The van der Waals surface area contributed by atoms with Crippen LogP contribution in [0, 0.1) is 5.92 Å². The summed E-state index contributed by atoms with van der Waals surface area (Å²) < 4.78 is 10.00. The summed E-state index contributed by atoms with van der Waals surface area (Å²) in [4.78, 5) is 58.6. The number of fused-ring (bicyclic) bond motifs is 1. The average molecular weight is 483 g/mol. The molecule has 2 heterocycles. The van der Waals surface area contributed by atoms with Gasteiger partial charge in [-0.05, 0) is 44.2 Å². The molecule has 4 N–H and O–H groups in total. The fourth-order valence-electron chi connectivity index (χ4n) is 3.88. The summed E-state index contributed by atoms with van der Waals surface area (Å²) >= 11 is 0. The maximum atomic E-state index is 12.8. The molecular formula is C25H30N4O6. The first kappa shape index (κ1) is 25.7. The van der Waals surface area contributed by atoms with E-state index in [4.69, 9.17) is 15.2 Å². The van der Waals surface area contributed by atoms with Crippen LogP contribution in [0.4, 0.5) is 5.95 Å². The third kappa shape index (κ3) is 6.78. The van der Waals surface area contributed by atoms with Gasteiger partial charge in [0.1, 0.15) is 5.65 Å². The number of carbonyl (C=O) groups excluding carboxylic acids is 3. The van der Waals surface area contributed by atoms with Crippen LogP contribution in [-0.2, 0) is 31.9 Å². The van der Waals surface area contributed by atoms with Gasteiger partial charge in [0.2, 0.25) is 5.95 Å². The van der Waals surface area contributed by atoms with E-state index in [2.05, 4.69) is 15.0 Å². The molecule has 1 aromatic carbocycles. The van der Waals surface area contributed by atoms with E-state index < -0.39 is 17.9 Å². The van der Waals surface area contributed by atoms with Gasteiger partial charge in [-0.15, -0.1) is 0 Å². The minimum absolute atomic E-state index is 0.0440. The van der Waals surface area contributed by atoms with E-state index >= 15 is 0 Å². The van der Waals surface area contributed by atoms with Crippen LogP contribution in [0.25, 0.3) is 11.0 Å². The highest BCUT2D eigenvalue weighted by Crippen LogP contribution is 2.20. The minimum Gasteiger partial charge on any atom is -0.466 e. The predicted molar refractivity (Wildman–Crippen MR) is 130 cm³/mol. The van der Waals surface area contributed by atoms with Gasteiger partial charge in [-0.3, -0.25) is 24.2 Å². The second-order valence-corrected chi connectivity index (χ2v) is 8.11. The number of nitrogens with two attached hydrogens (primary N) is 1. The second-order valence-electron chi connectivity index (χ2n) is 8.11. The van der Waals surface area contributed by atoms with E-state index in [0.717, 1.165) is 11.1 Å². The minimum atomic E-state index is -0.714. The summed E-state index contributed by atoms with van der Waals surface area (Å²) in [7, 11) is 0. The molecule has 0 aliphatic rings. The summed E-state index contributed by atoms with van der Waals surface area (Å²) in [5, 5.41) is 0.485. The molecule has 186 valence electrons. The lowest BCUT2D eigenvalue weighted by atomic mass is 9.93. The molecule has 3 aromatic rings. The molecule has 0 aliphatic heterocycles. The number of carbonyl (C=O) groups is 3. The number of aromatic nitrogens is 3. The molecule has 0 aliphatic carbocycles. The van der Waals surface area contributed by atoms with Crippen molar-refractivity contribution in [3.63, 3.8) is 0 Å². The molecule has 0 fully saturated rings.